The molecule has 0 spiro atoms. The number of rotatable bonds is 5. The van der Waals surface area contributed by atoms with Crippen molar-refractivity contribution in [3.05, 3.63) is 30.1 Å². The summed E-state index contributed by atoms with van der Waals surface area (Å²) in [5.74, 6) is 1.55. The van der Waals surface area contributed by atoms with Crippen LogP contribution in [0.5, 0.6) is 5.75 Å². The van der Waals surface area contributed by atoms with Crippen LogP contribution in [0.1, 0.15) is 27.2 Å². The molecular formula is C19H28FN3O2. The lowest BCUT2D eigenvalue weighted by molar-refractivity contribution is -0.106. The van der Waals surface area contributed by atoms with Gasteiger partial charge in [-0.15, -0.1) is 0 Å². The lowest BCUT2D eigenvalue weighted by Gasteiger charge is -2.54. The molecule has 3 rings (SSSR count). The molecule has 1 saturated heterocycles. The van der Waals surface area contributed by atoms with Crippen molar-refractivity contribution in [2.75, 3.05) is 20.2 Å². The second kappa shape index (κ2) is 7.20. The first-order valence-corrected chi connectivity index (χ1v) is 8.93. The van der Waals surface area contributed by atoms with Gasteiger partial charge in [0.05, 0.1) is 12.6 Å². The number of benzene rings is 1. The zero-order valence-electron chi connectivity index (χ0n) is 15.4. The number of halogens is 1. The Balaban J connectivity index is 1.49. The Hall–Kier alpha value is -1.82. The van der Waals surface area contributed by atoms with Crippen LogP contribution in [0, 0.1) is 17.2 Å². The van der Waals surface area contributed by atoms with Gasteiger partial charge in [-0.2, -0.15) is 0 Å². The molecule has 0 aromatic heterocycles. The average Bonchev–Trinajstić information content (AvgIpc) is 3.02. The number of nitrogens with one attached hydrogen (secondary N) is 2. The van der Waals surface area contributed by atoms with Crippen molar-refractivity contribution < 1.29 is 13.9 Å². The molecule has 0 bridgehead atoms. The summed E-state index contributed by atoms with van der Waals surface area (Å²) in [5, 5.41) is 6.84. The predicted molar refractivity (Wildman–Crippen MR) is 96.4 cm³/mol. The highest BCUT2D eigenvalue weighted by Crippen LogP contribution is 2.52. The lowest BCUT2D eigenvalue weighted by Crippen LogP contribution is -2.68. The van der Waals surface area contributed by atoms with Crippen molar-refractivity contribution in [2.45, 2.75) is 45.4 Å². The van der Waals surface area contributed by atoms with E-state index in [9.17, 15) is 4.39 Å². The largest absolute Gasteiger partial charge is 0.489 e. The monoisotopic (exact) mass is 349 g/mol. The molecule has 138 valence electrons. The smallest absolute Gasteiger partial charge is 0.191 e. The molecule has 2 fully saturated rings. The zero-order valence-corrected chi connectivity index (χ0v) is 15.4. The molecule has 4 unspecified atom stereocenters. The molecule has 1 aliphatic heterocycles. The fourth-order valence-corrected chi connectivity index (χ4v) is 4.01. The van der Waals surface area contributed by atoms with Gasteiger partial charge in [0.1, 0.15) is 17.7 Å². The molecule has 5 nitrogen and oxygen atoms in total. The summed E-state index contributed by atoms with van der Waals surface area (Å²) < 4.78 is 24.8. The third kappa shape index (κ3) is 3.73. The maximum atomic E-state index is 13.2. The van der Waals surface area contributed by atoms with Crippen LogP contribution in [0.15, 0.2) is 29.3 Å². The third-order valence-electron chi connectivity index (χ3n) is 5.31. The van der Waals surface area contributed by atoms with Gasteiger partial charge in [0.25, 0.3) is 0 Å². The number of hydrogen-bond acceptors (Lipinski definition) is 3. The maximum Gasteiger partial charge on any atom is 0.191 e. The van der Waals surface area contributed by atoms with Crippen molar-refractivity contribution >= 4 is 5.96 Å². The van der Waals surface area contributed by atoms with E-state index in [0.29, 0.717) is 30.4 Å². The molecule has 0 amide bonds. The topological polar surface area (TPSA) is 54.9 Å². The first-order chi connectivity index (χ1) is 11.9. The molecule has 1 heterocycles. The molecule has 25 heavy (non-hydrogen) atoms. The molecule has 1 aromatic rings. The van der Waals surface area contributed by atoms with E-state index in [2.05, 4.69) is 29.5 Å². The fraction of sp³-hybridized carbons (Fsp3) is 0.632. The van der Waals surface area contributed by atoms with Crippen LogP contribution < -0.4 is 15.4 Å². The Morgan fingerprint density at radius 2 is 2.28 bits per heavy atom. The van der Waals surface area contributed by atoms with Crippen LogP contribution in [0.2, 0.25) is 0 Å². The Bertz CT molecular complexity index is 635. The zero-order chi connectivity index (χ0) is 18.0. The molecule has 1 aromatic carbocycles. The predicted octanol–water partition coefficient (Wildman–Crippen LogP) is 2.57. The summed E-state index contributed by atoms with van der Waals surface area (Å²) in [7, 11) is 1.77. The summed E-state index contributed by atoms with van der Waals surface area (Å²) in [6.45, 7) is 7.84. The van der Waals surface area contributed by atoms with Crippen molar-refractivity contribution in [1.29, 1.82) is 0 Å². The van der Waals surface area contributed by atoms with E-state index < -0.39 is 0 Å². The summed E-state index contributed by atoms with van der Waals surface area (Å²) >= 11 is 0. The quantitative estimate of drug-likeness (QED) is 0.634. The Kier molecular flexibility index (Phi) is 5.18. The number of nitrogens with zero attached hydrogens (tertiary/aromatic N) is 1. The Labute approximate surface area is 149 Å². The molecular weight excluding hydrogens is 321 g/mol. The summed E-state index contributed by atoms with van der Waals surface area (Å²) in [4.78, 5) is 4.32. The van der Waals surface area contributed by atoms with Crippen LogP contribution in [-0.2, 0) is 4.74 Å². The summed E-state index contributed by atoms with van der Waals surface area (Å²) in [6.07, 6.45) is 1.33. The highest BCUT2D eigenvalue weighted by atomic mass is 19.1. The van der Waals surface area contributed by atoms with Crippen LogP contribution in [0.25, 0.3) is 0 Å². The first-order valence-electron chi connectivity index (χ1n) is 8.93. The van der Waals surface area contributed by atoms with Gasteiger partial charge in [0, 0.05) is 37.1 Å². The maximum absolute atomic E-state index is 13.2. The normalized spacial score (nSPS) is 28.7. The van der Waals surface area contributed by atoms with E-state index in [1.807, 2.05) is 6.92 Å². The van der Waals surface area contributed by atoms with E-state index in [-0.39, 0.29) is 17.3 Å². The van der Waals surface area contributed by atoms with Gasteiger partial charge in [0.15, 0.2) is 5.96 Å². The van der Waals surface area contributed by atoms with Crippen molar-refractivity contribution in [1.82, 2.24) is 10.6 Å². The standard InChI is InChI=1S/C19H28FN3O2/c1-12(25-14-7-5-6-13(20)10-14)11-22-18(21-4)23-16-15-8-9-24-17(15)19(16,2)3/h5-7,10,12,15-17H,8-9,11H2,1-4H3,(H2,21,22,23). The lowest BCUT2D eigenvalue weighted by atomic mass is 9.57. The minimum atomic E-state index is -0.296. The molecule has 1 saturated carbocycles. The third-order valence-corrected chi connectivity index (χ3v) is 5.31. The molecule has 0 radical (unpaired) electrons. The van der Waals surface area contributed by atoms with Crippen LogP contribution in [0.3, 0.4) is 0 Å². The molecule has 6 heteroatoms. The second-order valence-corrected chi connectivity index (χ2v) is 7.53. The van der Waals surface area contributed by atoms with Crippen molar-refractivity contribution in [3.8, 4) is 5.75 Å². The van der Waals surface area contributed by atoms with Gasteiger partial charge in [-0.1, -0.05) is 19.9 Å². The van der Waals surface area contributed by atoms with Gasteiger partial charge in [-0.05, 0) is 25.5 Å². The average molecular weight is 349 g/mol. The number of aliphatic imine (C=N–C) groups is 1. The Morgan fingerprint density at radius 1 is 1.48 bits per heavy atom. The fourth-order valence-electron chi connectivity index (χ4n) is 4.01. The summed E-state index contributed by atoms with van der Waals surface area (Å²) in [5.41, 5.74) is 0.0997. The van der Waals surface area contributed by atoms with Gasteiger partial charge >= 0.3 is 0 Å². The number of hydrogen-bond donors (Lipinski definition) is 2. The highest BCUT2D eigenvalue weighted by Gasteiger charge is 2.59. The SMILES string of the molecule is CN=C(NCC(C)Oc1cccc(F)c1)NC1C2CCOC2C1(C)C. The second-order valence-electron chi connectivity index (χ2n) is 7.53. The van der Waals surface area contributed by atoms with Gasteiger partial charge < -0.3 is 20.1 Å². The van der Waals surface area contributed by atoms with Crippen LogP contribution in [-0.4, -0.2) is 44.4 Å². The van der Waals surface area contributed by atoms with Crippen molar-refractivity contribution in [3.63, 3.8) is 0 Å². The van der Waals surface area contributed by atoms with Crippen molar-refractivity contribution in [2.24, 2.45) is 16.3 Å². The minimum absolute atomic E-state index is 0.0997. The highest BCUT2D eigenvalue weighted by molar-refractivity contribution is 5.80. The number of fused-ring (bicyclic) bond motifs is 1. The molecule has 4 atom stereocenters. The van der Waals surface area contributed by atoms with Gasteiger partial charge in [0.2, 0.25) is 0 Å². The van der Waals surface area contributed by atoms with E-state index in [1.54, 1.807) is 19.2 Å². The minimum Gasteiger partial charge on any atom is -0.489 e. The number of guanidine groups is 1. The Morgan fingerprint density at radius 3 is 3.00 bits per heavy atom. The first kappa shape index (κ1) is 18.0. The molecule has 2 aliphatic rings. The van der Waals surface area contributed by atoms with E-state index in [1.165, 1.54) is 12.1 Å². The molecule has 2 N–H and O–H groups in total. The van der Waals surface area contributed by atoms with Gasteiger partial charge in [-0.25, -0.2) is 4.39 Å². The van der Waals surface area contributed by atoms with E-state index >= 15 is 0 Å². The number of ether oxygens (including phenoxy) is 2. The van der Waals surface area contributed by atoms with Crippen LogP contribution in [0.4, 0.5) is 4.39 Å². The molecule has 1 aliphatic carbocycles. The summed E-state index contributed by atoms with van der Waals surface area (Å²) in [6, 6.07) is 6.54. The van der Waals surface area contributed by atoms with Crippen LogP contribution >= 0.6 is 0 Å². The van der Waals surface area contributed by atoms with E-state index in [4.69, 9.17) is 9.47 Å². The van der Waals surface area contributed by atoms with Gasteiger partial charge in [-0.3, -0.25) is 4.99 Å². The van der Waals surface area contributed by atoms with E-state index in [0.717, 1.165) is 19.0 Å².